The fraction of sp³-hybridized carbons (Fsp3) is 0.692. The zero-order valence-corrected chi connectivity index (χ0v) is 10.6. The van der Waals surface area contributed by atoms with Crippen molar-refractivity contribution < 1.29 is 9.15 Å². The van der Waals surface area contributed by atoms with Crippen molar-refractivity contribution in [3.8, 4) is 0 Å². The number of ether oxygens (including phenoxy) is 1. The largest absolute Gasteiger partial charge is 0.468 e. The molecule has 0 spiro atoms. The first kappa shape index (κ1) is 12.6. The highest BCUT2D eigenvalue weighted by molar-refractivity contribution is 5.07. The Balaban J connectivity index is 2.15. The van der Waals surface area contributed by atoms with Gasteiger partial charge in [0.15, 0.2) is 0 Å². The van der Waals surface area contributed by atoms with Crippen molar-refractivity contribution in [3.63, 3.8) is 0 Å². The van der Waals surface area contributed by atoms with Crippen LogP contribution in [0.15, 0.2) is 22.8 Å². The molecule has 3 atom stereocenters. The number of nitrogens with zero attached hydrogens (tertiary/aromatic N) is 1. The molecule has 3 unspecified atom stereocenters. The Morgan fingerprint density at radius 2 is 2.35 bits per heavy atom. The number of hydrogen-bond donors (Lipinski definition) is 1. The van der Waals surface area contributed by atoms with Crippen molar-refractivity contribution in [2.24, 2.45) is 5.73 Å². The molecule has 1 saturated heterocycles. The fourth-order valence-corrected chi connectivity index (χ4v) is 2.51. The Morgan fingerprint density at radius 1 is 1.53 bits per heavy atom. The molecule has 0 aliphatic carbocycles. The van der Waals surface area contributed by atoms with Crippen LogP contribution >= 0.6 is 0 Å². The van der Waals surface area contributed by atoms with E-state index in [1.54, 1.807) is 6.26 Å². The monoisotopic (exact) mass is 238 g/mol. The number of hydrogen-bond acceptors (Lipinski definition) is 4. The lowest BCUT2D eigenvalue weighted by molar-refractivity contribution is 0.0556. The SMILES string of the molecule is CC1CN(C(c2ccco2)C(C)N)CCCO1. The molecule has 0 aromatic carbocycles. The second kappa shape index (κ2) is 5.67. The summed E-state index contributed by atoms with van der Waals surface area (Å²) in [5.41, 5.74) is 6.11. The van der Waals surface area contributed by atoms with Gasteiger partial charge in [-0.05, 0) is 32.4 Å². The van der Waals surface area contributed by atoms with Crippen LogP contribution in [0.5, 0.6) is 0 Å². The van der Waals surface area contributed by atoms with E-state index >= 15 is 0 Å². The zero-order chi connectivity index (χ0) is 12.3. The van der Waals surface area contributed by atoms with Gasteiger partial charge in [0.2, 0.25) is 0 Å². The van der Waals surface area contributed by atoms with Crippen molar-refractivity contribution in [2.75, 3.05) is 19.7 Å². The van der Waals surface area contributed by atoms with Crippen molar-refractivity contribution in [3.05, 3.63) is 24.2 Å². The second-order valence-electron chi connectivity index (χ2n) is 4.85. The molecule has 1 aliphatic heterocycles. The molecule has 4 nitrogen and oxygen atoms in total. The predicted molar refractivity (Wildman–Crippen MR) is 66.7 cm³/mol. The van der Waals surface area contributed by atoms with E-state index in [4.69, 9.17) is 14.9 Å². The van der Waals surface area contributed by atoms with Crippen LogP contribution in [0.1, 0.15) is 32.1 Å². The van der Waals surface area contributed by atoms with Crippen LogP contribution < -0.4 is 5.73 Å². The molecule has 0 amide bonds. The van der Waals surface area contributed by atoms with E-state index in [9.17, 15) is 0 Å². The van der Waals surface area contributed by atoms with E-state index in [0.717, 1.165) is 31.9 Å². The summed E-state index contributed by atoms with van der Waals surface area (Å²) >= 11 is 0. The Morgan fingerprint density at radius 3 is 3.00 bits per heavy atom. The molecule has 4 heteroatoms. The third-order valence-corrected chi connectivity index (χ3v) is 3.21. The maximum Gasteiger partial charge on any atom is 0.122 e. The average Bonchev–Trinajstić information content (AvgIpc) is 2.69. The lowest BCUT2D eigenvalue weighted by Gasteiger charge is -2.32. The molecule has 1 aliphatic rings. The van der Waals surface area contributed by atoms with Gasteiger partial charge >= 0.3 is 0 Å². The van der Waals surface area contributed by atoms with Gasteiger partial charge < -0.3 is 14.9 Å². The maximum atomic E-state index is 6.11. The Bertz CT molecular complexity index is 324. The molecule has 0 saturated carbocycles. The van der Waals surface area contributed by atoms with Crippen LogP contribution in [-0.4, -0.2) is 36.7 Å². The van der Waals surface area contributed by atoms with Crippen LogP contribution in [0.2, 0.25) is 0 Å². The van der Waals surface area contributed by atoms with Crippen LogP contribution in [-0.2, 0) is 4.74 Å². The molecule has 2 rings (SSSR count). The lowest BCUT2D eigenvalue weighted by Crippen LogP contribution is -2.42. The van der Waals surface area contributed by atoms with Gasteiger partial charge in [0.25, 0.3) is 0 Å². The highest BCUT2D eigenvalue weighted by Gasteiger charge is 2.28. The fourth-order valence-electron chi connectivity index (χ4n) is 2.51. The average molecular weight is 238 g/mol. The minimum Gasteiger partial charge on any atom is -0.468 e. The van der Waals surface area contributed by atoms with E-state index < -0.39 is 0 Å². The van der Waals surface area contributed by atoms with E-state index in [2.05, 4.69) is 11.8 Å². The molecule has 0 bridgehead atoms. The van der Waals surface area contributed by atoms with Gasteiger partial charge in [0.1, 0.15) is 5.76 Å². The van der Waals surface area contributed by atoms with Crippen LogP contribution in [0.3, 0.4) is 0 Å². The highest BCUT2D eigenvalue weighted by Crippen LogP contribution is 2.25. The van der Waals surface area contributed by atoms with Gasteiger partial charge in [0.05, 0.1) is 18.4 Å². The van der Waals surface area contributed by atoms with Gasteiger partial charge in [-0.3, -0.25) is 4.90 Å². The van der Waals surface area contributed by atoms with E-state index in [-0.39, 0.29) is 18.2 Å². The number of nitrogens with two attached hydrogens (primary N) is 1. The topological polar surface area (TPSA) is 51.6 Å². The van der Waals surface area contributed by atoms with Crippen LogP contribution in [0.4, 0.5) is 0 Å². The minimum absolute atomic E-state index is 0.0476. The zero-order valence-electron chi connectivity index (χ0n) is 10.6. The molecule has 0 radical (unpaired) electrons. The van der Waals surface area contributed by atoms with Gasteiger partial charge in [-0.25, -0.2) is 0 Å². The van der Waals surface area contributed by atoms with Crippen LogP contribution in [0.25, 0.3) is 0 Å². The van der Waals surface area contributed by atoms with Gasteiger partial charge in [-0.2, -0.15) is 0 Å². The molecule has 2 heterocycles. The summed E-state index contributed by atoms with van der Waals surface area (Å²) in [6.07, 6.45) is 3.02. The molecule has 1 aromatic rings. The molecular formula is C13H22N2O2. The predicted octanol–water partition coefficient (Wildman–Crippen LogP) is 1.78. The molecular weight excluding hydrogens is 216 g/mol. The standard InChI is InChI=1S/C13H22N2O2/c1-10-9-15(6-4-8-16-10)13(11(2)14)12-5-3-7-17-12/h3,5,7,10-11,13H,4,6,8-9,14H2,1-2H3. The van der Waals surface area contributed by atoms with Gasteiger partial charge in [0, 0.05) is 25.7 Å². The lowest BCUT2D eigenvalue weighted by atomic mass is 10.1. The summed E-state index contributed by atoms with van der Waals surface area (Å²) in [5, 5.41) is 0. The highest BCUT2D eigenvalue weighted by atomic mass is 16.5. The second-order valence-corrected chi connectivity index (χ2v) is 4.85. The minimum atomic E-state index is 0.0476. The first-order valence-corrected chi connectivity index (χ1v) is 6.33. The molecule has 2 N–H and O–H groups in total. The molecule has 1 aromatic heterocycles. The smallest absolute Gasteiger partial charge is 0.122 e. The summed E-state index contributed by atoms with van der Waals surface area (Å²) in [7, 11) is 0. The quantitative estimate of drug-likeness (QED) is 0.872. The third kappa shape index (κ3) is 3.09. The van der Waals surface area contributed by atoms with Crippen molar-refractivity contribution >= 4 is 0 Å². The molecule has 17 heavy (non-hydrogen) atoms. The normalized spacial score (nSPS) is 26.4. The van der Waals surface area contributed by atoms with E-state index in [1.165, 1.54) is 0 Å². The van der Waals surface area contributed by atoms with Gasteiger partial charge in [-0.1, -0.05) is 0 Å². The van der Waals surface area contributed by atoms with Crippen molar-refractivity contribution in [2.45, 2.75) is 38.5 Å². The molecule has 96 valence electrons. The first-order chi connectivity index (χ1) is 8.18. The summed E-state index contributed by atoms with van der Waals surface area (Å²) in [5.74, 6) is 0.953. The Hall–Kier alpha value is -0.840. The van der Waals surface area contributed by atoms with Crippen LogP contribution in [0, 0.1) is 0 Å². The van der Waals surface area contributed by atoms with Crippen molar-refractivity contribution in [1.29, 1.82) is 0 Å². The Labute approximate surface area is 103 Å². The van der Waals surface area contributed by atoms with E-state index in [1.807, 2.05) is 19.1 Å². The summed E-state index contributed by atoms with van der Waals surface area (Å²) in [4.78, 5) is 2.38. The summed E-state index contributed by atoms with van der Waals surface area (Å²) in [6.45, 7) is 6.90. The third-order valence-electron chi connectivity index (χ3n) is 3.21. The Kier molecular flexibility index (Phi) is 4.20. The van der Waals surface area contributed by atoms with Gasteiger partial charge in [-0.15, -0.1) is 0 Å². The summed E-state index contributed by atoms with van der Waals surface area (Å²) < 4.78 is 11.2. The number of furan rings is 1. The summed E-state index contributed by atoms with van der Waals surface area (Å²) in [6, 6.07) is 4.12. The molecule has 1 fully saturated rings. The van der Waals surface area contributed by atoms with Crippen molar-refractivity contribution in [1.82, 2.24) is 4.90 Å². The number of rotatable bonds is 3. The van der Waals surface area contributed by atoms with E-state index in [0.29, 0.717) is 0 Å². The maximum absolute atomic E-state index is 6.11. The first-order valence-electron chi connectivity index (χ1n) is 6.33.